The van der Waals surface area contributed by atoms with E-state index in [1.807, 2.05) is 24.3 Å². The second-order valence-electron chi connectivity index (χ2n) is 4.31. The second-order valence-corrected chi connectivity index (χ2v) is 4.71. The molecule has 0 spiro atoms. The van der Waals surface area contributed by atoms with Gasteiger partial charge in [0.25, 0.3) is 0 Å². The summed E-state index contributed by atoms with van der Waals surface area (Å²) in [4.78, 5) is 7.85. The van der Waals surface area contributed by atoms with Crippen molar-refractivity contribution in [3.63, 3.8) is 0 Å². The lowest BCUT2D eigenvalue weighted by molar-refractivity contribution is 0.890. The van der Waals surface area contributed by atoms with Gasteiger partial charge in [0.2, 0.25) is 0 Å². The number of nitrogens with zero attached hydrogens (tertiary/aromatic N) is 1. The van der Waals surface area contributed by atoms with E-state index in [0.717, 1.165) is 29.7 Å². The Morgan fingerprint density at radius 3 is 2.56 bits per heavy atom. The second kappa shape index (κ2) is 4.83. The van der Waals surface area contributed by atoms with Crippen molar-refractivity contribution in [3.8, 4) is 0 Å². The van der Waals surface area contributed by atoms with Crippen LogP contribution in [0.5, 0.6) is 0 Å². The summed E-state index contributed by atoms with van der Waals surface area (Å²) in [5.74, 6) is 0.988. The summed E-state index contributed by atoms with van der Waals surface area (Å²) in [6, 6.07) is 16.2. The number of nitrogens with one attached hydrogen (secondary N) is 1. The number of rotatable bonds is 3. The molecule has 2 aromatic carbocycles. The Morgan fingerprint density at radius 2 is 1.78 bits per heavy atom. The Morgan fingerprint density at radius 1 is 0.944 bits per heavy atom. The maximum Gasteiger partial charge on any atom is 0.107 e. The zero-order chi connectivity index (χ0) is 12.4. The van der Waals surface area contributed by atoms with Crippen molar-refractivity contribution in [2.75, 3.05) is 0 Å². The monoisotopic (exact) mass is 256 g/mol. The third-order valence-corrected chi connectivity index (χ3v) is 3.31. The Bertz CT molecular complexity index is 659. The van der Waals surface area contributed by atoms with Gasteiger partial charge in [0, 0.05) is 6.42 Å². The molecular weight excluding hydrogens is 244 g/mol. The van der Waals surface area contributed by atoms with E-state index < -0.39 is 0 Å². The highest BCUT2D eigenvalue weighted by atomic mass is 35.5. The van der Waals surface area contributed by atoms with Crippen LogP contribution in [0.2, 0.25) is 5.02 Å². The van der Waals surface area contributed by atoms with Gasteiger partial charge in [-0.15, -0.1) is 0 Å². The highest BCUT2D eigenvalue weighted by Crippen LogP contribution is 2.21. The van der Waals surface area contributed by atoms with Gasteiger partial charge in [0.1, 0.15) is 11.3 Å². The molecule has 0 saturated carbocycles. The zero-order valence-corrected chi connectivity index (χ0v) is 10.6. The van der Waals surface area contributed by atoms with Crippen LogP contribution in [0.25, 0.3) is 11.0 Å². The van der Waals surface area contributed by atoms with Crippen LogP contribution in [0.1, 0.15) is 11.4 Å². The molecule has 3 aromatic rings. The molecule has 1 aromatic heterocycles. The topological polar surface area (TPSA) is 28.7 Å². The van der Waals surface area contributed by atoms with Gasteiger partial charge in [-0.1, -0.05) is 48.0 Å². The fraction of sp³-hybridized carbons (Fsp3) is 0.133. The van der Waals surface area contributed by atoms with E-state index >= 15 is 0 Å². The quantitative estimate of drug-likeness (QED) is 0.754. The smallest absolute Gasteiger partial charge is 0.107 e. The van der Waals surface area contributed by atoms with E-state index in [1.54, 1.807) is 0 Å². The Balaban J connectivity index is 1.81. The molecule has 3 rings (SSSR count). The number of halogens is 1. The van der Waals surface area contributed by atoms with Gasteiger partial charge in [-0.3, -0.25) is 0 Å². The first-order valence-electron chi connectivity index (χ1n) is 6.00. The lowest BCUT2D eigenvalue weighted by atomic mass is 10.1. The van der Waals surface area contributed by atoms with E-state index in [4.69, 9.17) is 11.6 Å². The molecule has 0 unspecified atom stereocenters. The first-order valence-corrected chi connectivity index (χ1v) is 6.38. The van der Waals surface area contributed by atoms with E-state index in [1.165, 1.54) is 5.56 Å². The molecule has 2 nitrogen and oxygen atoms in total. The third kappa shape index (κ3) is 2.24. The van der Waals surface area contributed by atoms with Crippen LogP contribution in [-0.2, 0) is 12.8 Å². The Hall–Kier alpha value is -1.80. The molecule has 0 aliphatic carbocycles. The summed E-state index contributed by atoms with van der Waals surface area (Å²) in [6.07, 6.45) is 1.88. The molecule has 3 heteroatoms. The number of hydrogen-bond acceptors (Lipinski definition) is 1. The fourth-order valence-electron chi connectivity index (χ4n) is 2.07. The molecule has 0 radical (unpaired) electrons. The zero-order valence-electron chi connectivity index (χ0n) is 9.86. The van der Waals surface area contributed by atoms with E-state index in [2.05, 4.69) is 34.2 Å². The van der Waals surface area contributed by atoms with E-state index in [0.29, 0.717) is 5.02 Å². The molecule has 1 N–H and O–H groups in total. The van der Waals surface area contributed by atoms with Crippen LogP contribution >= 0.6 is 11.6 Å². The van der Waals surface area contributed by atoms with Gasteiger partial charge < -0.3 is 4.98 Å². The predicted molar refractivity (Wildman–Crippen MR) is 75.0 cm³/mol. The fourth-order valence-corrected chi connectivity index (χ4v) is 2.29. The van der Waals surface area contributed by atoms with Crippen molar-refractivity contribution < 1.29 is 0 Å². The maximum atomic E-state index is 6.11. The van der Waals surface area contributed by atoms with E-state index in [-0.39, 0.29) is 0 Å². The molecule has 0 aliphatic rings. The van der Waals surface area contributed by atoms with Crippen LogP contribution in [0.15, 0.2) is 48.5 Å². The average molecular weight is 257 g/mol. The number of benzene rings is 2. The molecule has 0 atom stereocenters. The molecule has 0 aliphatic heterocycles. The van der Waals surface area contributed by atoms with Gasteiger partial charge in [0.05, 0.1) is 10.5 Å². The van der Waals surface area contributed by atoms with Gasteiger partial charge >= 0.3 is 0 Å². The van der Waals surface area contributed by atoms with Crippen molar-refractivity contribution in [1.29, 1.82) is 0 Å². The highest BCUT2D eigenvalue weighted by Gasteiger charge is 2.05. The molecule has 0 amide bonds. The number of imidazole rings is 1. The Kier molecular flexibility index (Phi) is 3.03. The summed E-state index contributed by atoms with van der Waals surface area (Å²) in [7, 11) is 0. The number of para-hydroxylation sites is 1. The first-order chi connectivity index (χ1) is 8.83. The Labute approximate surface area is 111 Å². The highest BCUT2D eigenvalue weighted by molar-refractivity contribution is 6.34. The molecule has 0 saturated heterocycles. The number of aromatic nitrogens is 2. The van der Waals surface area contributed by atoms with Gasteiger partial charge in [0.15, 0.2) is 0 Å². The van der Waals surface area contributed by atoms with Crippen LogP contribution in [0, 0.1) is 0 Å². The normalized spacial score (nSPS) is 10.9. The van der Waals surface area contributed by atoms with E-state index in [9.17, 15) is 0 Å². The summed E-state index contributed by atoms with van der Waals surface area (Å²) < 4.78 is 0. The summed E-state index contributed by atoms with van der Waals surface area (Å²) in [5.41, 5.74) is 3.19. The molecule has 0 bridgehead atoms. The van der Waals surface area contributed by atoms with Crippen molar-refractivity contribution in [1.82, 2.24) is 9.97 Å². The number of H-pyrrole nitrogens is 1. The number of fused-ring (bicyclic) bond motifs is 1. The summed E-state index contributed by atoms with van der Waals surface area (Å²) in [6.45, 7) is 0. The van der Waals surface area contributed by atoms with Gasteiger partial charge in [-0.05, 0) is 24.1 Å². The largest absolute Gasteiger partial charge is 0.342 e. The minimum absolute atomic E-state index is 0.703. The van der Waals surface area contributed by atoms with Gasteiger partial charge in [-0.2, -0.15) is 0 Å². The molecule has 18 heavy (non-hydrogen) atoms. The van der Waals surface area contributed by atoms with Crippen molar-refractivity contribution in [2.45, 2.75) is 12.8 Å². The number of aryl methyl sites for hydroxylation is 2. The van der Waals surface area contributed by atoms with Crippen molar-refractivity contribution in [2.24, 2.45) is 0 Å². The SMILES string of the molecule is Clc1cccc2[nH]c(CCc3ccccc3)nc12. The van der Waals surface area contributed by atoms with Crippen LogP contribution in [0.4, 0.5) is 0 Å². The molecule has 90 valence electrons. The van der Waals surface area contributed by atoms with Crippen LogP contribution in [0.3, 0.4) is 0 Å². The predicted octanol–water partition coefficient (Wildman–Crippen LogP) is 4.00. The number of hydrogen-bond donors (Lipinski definition) is 1. The summed E-state index contributed by atoms with van der Waals surface area (Å²) >= 11 is 6.11. The molecular formula is C15H13ClN2. The minimum atomic E-state index is 0.703. The standard InChI is InChI=1S/C15H13ClN2/c16-12-7-4-8-13-15(12)18-14(17-13)10-9-11-5-2-1-3-6-11/h1-8H,9-10H2,(H,17,18). The first kappa shape index (κ1) is 11.3. The van der Waals surface area contributed by atoms with Gasteiger partial charge in [-0.25, -0.2) is 4.98 Å². The van der Waals surface area contributed by atoms with Crippen molar-refractivity contribution in [3.05, 3.63) is 64.9 Å². The molecule has 1 heterocycles. The van der Waals surface area contributed by atoms with Crippen LogP contribution < -0.4 is 0 Å². The lowest BCUT2D eigenvalue weighted by Gasteiger charge is -1.97. The third-order valence-electron chi connectivity index (χ3n) is 3.01. The van der Waals surface area contributed by atoms with Crippen molar-refractivity contribution >= 4 is 22.6 Å². The lowest BCUT2D eigenvalue weighted by Crippen LogP contribution is -1.92. The van der Waals surface area contributed by atoms with Crippen LogP contribution in [-0.4, -0.2) is 9.97 Å². The minimum Gasteiger partial charge on any atom is -0.342 e. The maximum absolute atomic E-state index is 6.11. The summed E-state index contributed by atoms with van der Waals surface area (Å²) in [5, 5.41) is 0.703. The number of aromatic amines is 1. The average Bonchev–Trinajstić information content (AvgIpc) is 2.82. The molecule has 0 fully saturated rings.